The number of carbonyl (C=O) groups excluding carboxylic acids is 1. The Kier molecular flexibility index (Phi) is 5.48. The minimum Gasteiger partial charge on any atom is -0.480 e. The molecule has 0 spiro atoms. The number of carboxylic acid groups (broad SMARTS) is 1. The molecule has 2 atom stereocenters. The number of hydrogen-bond acceptors (Lipinski definition) is 2. The van der Waals surface area contributed by atoms with E-state index in [1.807, 2.05) is 4.90 Å². The second kappa shape index (κ2) is 7.14. The molecule has 2 aliphatic rings. The Morgan fingerprint density at radius 3 is 2.48 bits per heavy atom. The van der Waals surface area contributed by atoms with E-state index < -0.39 is 12.0 Å². The quantitative estimate of drug-likeness (QED) is 0.819. The van der Waals surface area contributed by atoms with Crippen molar-refractivity contribution in [1.82, 2.24) is 9.80 Å². The van der Waals surface area contributed by atoms with E-state index in [1.165, 1.54) is 0 Å². The Labute approximate surface area is 127 Å². The van der Waals surface area contributed by atoms with E-state index in [9.17, 15) is 14.7 Å². The summed E-state index contributed by atoms with van der Waals surface area (Å²) in [5.41, 5.74) is 0. The van der Waals surface area contributed by atoms with Crippen LogP contribution in [0, 0.1) is 5.92 Å². The van der Waals surface area contributed by atoms with Crippen LogP contribution in [0.5, 0.6) is 0 Å². The van der Waals surface area contributed by atoms with E-state index in [0.29, 0.717) is 24.9 Å². The summed E-state index contributed by atoms with van der Waals surface area (Å²) in [5.74, 6) is -0.423. The first-order valence-electron chi connectivity index (χ1n) is 8.38. The van der Waals surface area contributed by atoms with Gasteiger partial charge in [-0.3, -0.25) is 0 Å². The molecule has 2 amide bonds. The lowest BCUT2D eigenvalue weighted by Gasteiger charge is -2.40. The van der Waals surface area contributed by atoms with E-state index in [4.69, 9.17) is 0 Å². The zero-order chi connectivity index (χ0) is 15.4. The summed E-state index contributed by atoms with van der Waals surface area (Å²) in [6.07, 6.45) is 6.70. The highest BCUT2D eigenvalue weighted by atomic mass is 16.4. The number of carbonyl (C=O) groups is 2. The molecular formula is C16H28N2O3. The van der Waals surface area contributed by atoms with E-state index in [0.717, 1.165) is 45.1 Å². The first kappa shape index (κ1) is 16.1. The molecule has 2 unspecified atom stereocenters. The molecule has 5 nitrogen and oxygen atoms in total. The normalized spacial score (nSPS) is 25.7. The van der Waals surface area contributed by atoms with Gasteiger partial charge in [0.25, 0.3) is 0 Å². The molecule has 1 saturated carbocycles. The average molecular weight is 296 g/mol. The number of carboxylic acids is 1. The summed E-state index contributed by atoms with van der Waals surface area (Å²) in [6.45, 7) is 5.56. The van der Waals surface area contributed by atoms with Crippen LogP contribution >= 0.6 is 0 Å². The number of aliphatic carboxylic acids is 1. The van der Waals surface area contributed by atoms with Crippen molar-refractivity contribution >= 4 is 12.0 Å². The molecule has 0 radical (unpaired) electrons. The summed E-state index contributed by atoms with van der Waals surface area (Å²) in [4.78, 5) is 27.9. The summed E-state index contributed by atoms with van der Waals surface area (Å²) in [6, 6.07) is -0.339. The zero-order valence-electron chi connectivity index (χ0n) is 13.3. The van der Waals surface area contributed by atoms with E-state index in [2.05, 4.69) is 13.8 Å². The van der Waals surface area contributed by atoms with Crippen LogP contribution in [0.1, 0.15) is 58.8 Å². The highest BCUT2D eigenvalue weighted by Crippen LogP contribution is 2.31. The lowest BCUT2D eigenvalue weighted by molar-refractivity contribution is -0.144. The molecule has 1 heterocycles. The van der Waals surface area contributed by atoms with E-state index >= 15 is 0 Å². The Morgan fingerprint density at radius 1 is 1.24 bits per heavy atom. The second-order valence-corrected chi connectivity index (χ2v) is 6.41. The third-order valence-corrected chi connectivity index (χ3v) is 4.81. The molecule has 0 bridgehead atoms. The van der Waals surface area contributed by atoms with Crippen LogP contribution in [0.4, 0.5) is 4.79 Å². The molecule has 1 aliphatic heterocycles. The Morgan fingerprint density at radius 2 is 1.95 bits per heavy atom. The number of piperidine rings is 1. The lowest BCUT2D eigenvalue weighted by Crippen LogP contribution is -2.55. The number of hydrogen-bond donors (Lipinski definition) is 1. The number of unbranched alkanes of at least 4 members (excludes halogenated alkanes) is 1. The van der Waals surface area contributed by atoms with Crippen molar-refractivity contribution in [3.63, 3.8) is 0 Å². The van der Waals surface area contributed by atoms with E-state index in [1.54, 1.807) is 4.90 Å². The van der Waals surface area contributed by atoms with Crippen molar-refractivity contribution < 1.29 is 14.7 Å². The second-order valence-electron chi connectivity index (χ2n) is 6.41. The van der Waals surface area contributed by atoms with Gasteiger partial charge in [-0.25, -0.2) is 9.59 Å². The molecule has 0 aromatic carbocycles. The van der Waals surface area contributed by atoms with Gasteiger partial charge in [0.15, 0.2) is 0 Å². The number of amides is 2. The van der Waals surface area contributed by atoms with Gasteiger partial charge in [-0.2, -0.15) is 0 Å². The first-order chi connectivity index (χ1) is 10.1. The summed E-state index contributed by atoms with van der Waals surface area (Å²) >= 11 is 0. The van der Waals surface area contributed by atoms with Gasteiger partial charge < -0.3 is 14.9 Å². The Balaban J connectivity index is 2.05. The summed E-state index contributed by atoms with van der Waals surface area (Å²) in [7, 11) is 0. The number of likely N-dealkylation sites (tertiary alicyclic amines) is 1. The van der Waals surface area contributed by atoms with Crippen LogP contribution in [0.15, 0.2) is 0 Å². The zero-order valence-corrected chi connectivity index (χ0v) is 13.3. The van der Waals surface area contributed by atoms with Crippen LogP contribution in [-0.4, -0.2) is 52.1 Å². The minimum absolute atomic E-state index is 0.0482. The molecule has 1 N–H and O–H groups in total. The molecular weight excluding hydrogens is 268 g/mol. The van der Waals surface area contributed by atoms with Gasteiger partial charge in [-0.1, -0.05) is 26.7 Å². The van der Waals surface area contributed by atoms with Gasteiger partial charge in [0.1, 0.15) is 6.04 Å². The van der Waals surface area contributed by atoms with Gasteiger partial charge in [-0.15, -0.1) is 0 Å². The molecule has 1 saturated heterocycles. The van der Waals surface area contributed by atoms with Crippen molar-refractivity contribution in [2.45, 2.75) is 70.9 Å². The van der Waals surface area contributed by atoms with E-state index in [-0.39, 0.29) is 6.03 Å². The highest BCUT2D eigenvalue weighted by molar-refractivity contribution is 5.83. The van der Waals surface area contributed by atoms with Crippen molar-refractivity contribution in [3.8, 4) is 0 Å². The number of rotatable bonds is 6. The fourth-order valence-electron chi connectivity index (χ4n) is 3.19. The average Bonchev–Trinajstić information content (AvgIpc) is 3.31. The maximum absolute atomic E-state index is 12.8. The highest BCUT2D eigenvalue weighted by Gasteiger charge is 2.41. The fourth-order valence-corrected chi connectivity index (χ4v) is 3.19. The van der Waals surface area contributed by atoms with Crippen LogP contribution < -0.4 is 0 Å². The van der Waals surface area contributed by atoms with Gasteiger partial charge in [0, 0.05) is 19.1 Å². The van der Waals surface area contributed by atoms with Gasteiger partial charge in [-0.05, 0) is 38.0 Å². The molecule has 120 valence electrons. The molecule has 2 fully saturated rings. The molecule has 0 aromatic rings. The third kappa shape index (κ3) is 3.89. The topological polar surface area (TPSA) is 60.9 Å². The minimum atomic E-state index is -0.854. The fraction of sp³-hybridized carbons (Fsp3) is 0.875. The van der Waals surface area contributed by atoms with Crippen molar-refractivity contribution in [2.75, 3.05) is 13.1 Å². The molecule has 5 heteroatoms. The smallest absolute Gasteiger partial charge is 0.326 e. The van der Waals surface area contributed by atoms with Crippen LogP contribution in [-0.2, 0) is 4.79 Å². The standard InChI is InChI=1S/C16H28N2O3/c1-3-5-9-17(13-6-7-13)16(21)18-10-8-12(4-2)11-14(18)15(19)20/h12-14H,3-11H2,1-2H3,(H,19,20). The molecule has 2 rings (SSSR count). The Hall–Kier alpha value is -1.26. The maximum Gasteiger partial charge on any atom is 0.326 e. The predicted molar refractivity (Wildman–Crippen MR) is 81.2 cm³/mol. The molecule has 1 aliphatic carbocycles. The SMILES string of the molecule is CCCCN(C(=O)N1CCC(CC)CC1C(=O)O)C1CC1. The number of urea groups is 1. The van der Waals surface area contributed by atoms with Crippen molar-refractivity contribution in [3.05, 3.63) is 0 Å². The third-order valence-electron chi connectivity index (χ3n) is 4.81. The maximum atomic E-state index is 12.8. The number of nitrogens with zero attached hydrogens (tertiary/aromatic N) is 2. The summed E-state index contributed by atoms with van der Waals surface area (Å²) < 4.78 is 0. The van der Waals surface area contributed by atoms with Crippen molar-refractivity contribution in [1.29, 1.82) is 0 Å². The van der Waals surface area contributed by atoms with Gasteiger partial charge in [0.2, 0.25) is 0 Å². The van der Waals surface area contributed by atoms with Crippen molar-refractivity contribution in [2.24, 2.45) is 5.92 Å². The Bertz CT molecular complexity index is 382. The molecule has 21 heavy (non-hydrogen) atoms. The largest absolute Gasteiger partial charge is 0.480 e. The lowest BCUT2D eigenvalue weighted by atomic mass is 9.89. The monoisotopic (exact) mass is 296 g/mol. The summed E-state index contributed by atoms with van der Waals surface area (Å²) in [5, 5.41) is 9.47. The molecule has 0 aromatic heterocycles. The van der Waals surface area contributed by atoms with Gasteiger partial charge in [0.05, 0.1) is 0 Å². The van der Waals surface area contributed by atoms with Gasteiger partial charge >= 0.3 is 12.0 Å². The van der Waals surface area contributed by atoms with Crippen LogP contribution in [0.25, 0.3) is 0 Å². The first-order valence-corrected chi connectivity index (χ1v) is 8.38. The van der Waals surface area contributed by atoms with Crippen LogP contribution in [0.2, 0.25) is 0 Å². The van der Waals surface area contributed by atoms with Crippen LogP contribution in [0.3, 0.4) is 0 Å². The predicted octanol–water partition coefficient (Wildman–Crippen LogP) is 2.95.